The molecule has 6 rings (SSSR count). The number of anilines is 3. The molecule has 1 spiro atoms. The van der Waals surface area contributed by atoms with Crippen molar-refractivity contribution in [1.82, 2.24) is 24.7 Å². The second-order valence-corrected chi connectivity index (χ2v) is 11.6. The maximum absolute atomic E-state index is 13.2. The quantitative estimate of drug-likeness (QED) is 0.523. The molecule has 3 aliphatic rings. The molecule has 0 amide bonds. The first-order chi connectivity index (χ1) is 17.3. The predicted molar refractivity (Wildman–Crippen MR) is 136 cm³/mol. The Labute approximate surface area is 214 Å². The fraction of sp³-hybridized carbons (Fsp3) is 0.520. The fourth-order valence-electron chi connectivity index (χ4n) is 5.22. The van der Waals surface area contributed by atoms with E-state index in [4.69, 9.17) is 9.31 Å². The first-order valence-electron chi connectivity index (χ1n) is 12.4. The molecule has 1 aliphatic carbocycles. The van der Waals surface area contributed by atoms with Crippen LogP contribution in [0.25, 0.3) is 11.4 Å². The van der Waals surface area contributed by atoms with E-state index >= 15 is 0 Å². The van der Waals surface area contributed by atoms with Gasteiger partial charge in [0.1, 0.15) is 0 Å². The van der Waals surface area contributed by atoms with Crippen LogP contribution in [0.5, 0.6) is 0 Å². The third-order valence-electron chi connectivity index (χ3n) is 7.95. The molecule has 0 radical (unpaired) electrons. The van der Waals surface area contributed by atoms with E-state index in [-0.39, 0.29) is 18.3 Å². The van der Waals surface area contributed by atoms with Crippen molar-refractivity contribution in [2.45, 2.75) is 57.7 Å². The van der Waals surface area contributed by atoms with Crippen molar-refractivity contribution in [1.29, 1.82) is 0 Å². The largest absolute Gasteiger partial charge is 0.494 e. The molecular weight excluding hydrogens is 479 g/mol. The lowest BCUT2D eigenvalue weighted by Crippen LogP contribution is -2.66. The highest BCUT2D eigenvalue weighted by atomic mass is 19.3. The summed E-state index contributed by atoms with van der Waals surface area (Å²) in [7, 11) is 1.39. The Balaban J connectivity index is 1.09. The molecule has 1 saturated carbocycles. The topological polar surface area (TPSA) is 90.2 Å². The standard InChI is InChI=1S/C25H30BF2N7O2/c1-22(2)23(3,4)37-26(36-22)17-6-8-18(9-7-17)31-21-32-19(33-34(21)5)16-10-29-20(30-11-16)35-14-24(15-35)12-25(27,28)13-24/h6-11H,12-15H2,1-5H3,(H,31,32,33). The molecule has 2 aliphatic heterocycles. The van der Waals surface area contributed by atoms with Gasteiger partial charge in [-0.1, -0.05) is 12.1 Å². The van der Waals surface area contributed by atoms with Crippen molar-refractivity contribution >= 4 is 30.2 Å². The van der Waals surface area contributed by atoms with Gasteiger partial charge in [0.25, 0.3) is 0 Å². The van der Waals surface area contributed by atoms with Gasteiger partial charge in [0.15, 0.2) is 5.82 Å². The van der Waals surface area contributed by atoms with E-state index in [0.29, 0.717) is 36.4 Å². The van der Waals surface area contributed by atoms with Crippen molar-refractivity contribution in [2.24, 2.45) is 12.5 Å². The molecule has 0 bridgehead atoms. The molecule has 2 saturated heterocycles. The molecule has 0 unspecified atom stereocenters. The minimum Gasteiger partial charge on any atom is -0.399 e. The Morgan fingerprint density at radius 1 is 0.946 bits per heavy atom. The predicted octanol–water partition coefficient (Wildman–Crippen LogP) is 3.55. The summed E-state index contributed by atoms with van der Waals surface area (Å²) in [6.07, 6.45) is 3.26. The number of benzene rings is 1. The molecule has 1 N–H and O–H groups in total. The van der Waals surface area contributed by atoms with Crippen LogP contribution < -0.4 is 15.7 Å². The first-order valence-corrected chi connectivity index (χ1v) is 12.4. The van der Waals surface area contributed by atoms with Crippen molar-refractivity contribution in [2.75, 3.05) is 23.3 Å². The lowest BCUT2D eigenvalue weighted by Gasteiger charge is -2.58. The number of aromatic nitrogens is 5. The molecule has 3 aromatic rings. The van der Waals surface area contributed by atoms with Crippen molar-refractivity contribution in [3.05, 3.63) is 36.7 Å². The molecule has 194 valence electrons. The number of nitrogens with one attached hydrogen (secondary N) is 1. The molecule has 2 aromatic heterocycles. The van der Waals surface area contributed by atoms with Gasteiger partial charge in [0.05, 0.1) is 16.8 Å². The summed E-state index contributed by atoms with van der Waals surface area (Å²) >= 11 is 0. The lowest BCUT2D eigenvalue weighted by atomic mass is 9.61. The Bertz CT molecular complexity index is 1300. The Morgan fingerprint density at radius 2 is 1.54 bits per heavy atom. The molecule has 1 aromatic carbocycles. The van der Waals surface area contributed by atoms with Gasteiger partial charge in [-0.2, -0.15) is 4.98 Å². The fourth-order valence-corrected chi connectivity index (χ4v) is 5.22. The third kappa shape index (κ3) is 4.25. The van der Waals surface area contributed by atoms with E-state index in [9.17, 15) is 8.78 Å². The van der Waals surface area contributed by atoms with Crippen molar-refractivity contribution in [3.63, 3.8) is 0 Å². The summed E-state index contributed by atoms with van der Waals surface area (Å²) in [6.45, 7) is 9.28. The van der Waals surface area contributed by atoms with Crippen molar-refractivity contribution < 1.29 is 18.1 Å². The number of nitrogens with zero attached hydrogens (tertiary/aromatic N) is 6. The van der Waals surface area contributed by atoms with Gasteiger partial charge in [-0.15, -0.1) is 5.10 Å². The maximum Gasteiger partial charge on any atom is 0.494 e. The monoisotopic (exact) mass is 509 g/mol. The zero-order chi connectivity index (χ0) is 26.2. The molecular formula is C25H30BF2N7O2. The second kappa shape index (κ2) is 7.94. The number of alkyl halides is 2. The molecule has 4 heterocycles. The SMILES string of the molecule is Cn1nc(-c2cnc(N3CC4(C3)CC(F)(F)C4)nc2)nc1Nc1ccc(B2OC(C)(C)C(C)(C)O2)cc1. The van der Waals surface area contributed by atoms with Crippen molar-refractivity contribution in [3.8, 4) is 11.4 Å². The van der Waals surface area contributed by atoms with Gasteiger partial charge in [0, 0.05) is 56.5 Å². The van der Waals surface area contributed by atoms with E-state index in [1.165, 1.54) is 0 Å². The third-order valence-corrected chi connectivity index (χ3v) is 7.95. The van der Waals surface area contributed by atoms with Crippen LogP contribution >= 0.6 is 0 Å². The van der Waals surface area contributed by atoms with Crippen LogP contribution in [0.2, 0.25) is 0 Å². The van der Waals surface area contributed by atoms with Crippen LogP contribution in [0.15, 0.2) is 36.7 Å². The van der Waals surface area contributed by atoms with Gasteiger partial charge in [0.2, 0.25) is 17.8 Å². The molecule has 37 heavy (non-hydrogen) atoms. The van der Waals surface area contributed by atoms with E-state index in [1.807, 2.05) is 56.9 Å². The Morgan fingerprint density at radius 3 is 2.11 bits per heavy atom. The number of hydrogen-bond acceptors (Lipinski definition) is 8. The minimum atomic E-state index is -2.51. The van der Waals surface area contributed by atoms with Crippen LogP contribution in [0, 0.1) is 5.41 Å². The van der Waals surface area contributed by atoms with E-state index in [1.54, 1.807) is 24.1 Å². The summed E-state index contributed by atoms with van der Waals surface area (Å²) in [4.78, 5) is 15.4. The highest BCUT2D eigenvalue weighted by Crippen LogP contribution is 2.57. The molecule has 3 fully saturated rings. The average Bonchev–Trinajstić information content (AvgIpc) is 3.25. The summed E-state index contributed by atoms with van der Waals surface area (Å²) in [5.41, 5.74) is 1.42. The summed E-state index contributed by atoms with van der Waals surface area (Å²) in [5, 5.41) is 7.77. The first kappa shape index (κ1) is 24.2. The maximum atomic E-state index is 13.2. The Hall–Kier alpha value is -3.12. The smallest absolute Gasteiger partial charge is 0.399 e. The minimum absolute atomic E-state index is 0.0383. The Kier molecular flexibility index (Phi) is 5.20. The van der Waals surface area contributed by atoms with Gasteiger partial charge >= 0.3 is 7.12 Å². The number of rotatable bonds is 5. The number of halogens is 2. The highest BCUT2D eigenvalue weighted by Gasteiger charge is 2.62. The molecule has 12 heteroatoms. The van der Waals surface area contributed by atoms with Crippen LogP contribution in [-0.2, 0) is 16.4 Å². The normalized spacial score (nSPS) is 22.6. The van der Waals surface area contributed by atoms with Gasteiger partial charge in [-0.3, -0.25) is 0 Å². The van der Waals surface area contributed by atoms with Crippen LogP contribution in [0.3, 0.4) is 0 Å². The lowest BCUT2D eigenvalue weighted by molar-refractivity contribution is -0.170. The number of aryl methyl sites for hydroxylation is 1. The average molecular weight is 509 g/mol. The summed E-state index contributed by atoms with van der Waals surface area (Å²) < 4.78 is 40.4. The zero-order valence-corrected chi connectivity index (χ0v) is 21.6. The molecule has 9 nitrogen and oxygen atoms in total. The van der Waals surface area contributed by atoms with Gasteiger partial charge in [-0.05, 0) is 45.3 Å². The van der Waals surface area contributed by atoms with Gasteiger partial charge in [-0.25, -0.2) is 23.4 Å². The highest BCUT2D eigenvalue weighted by molar-refractivity contribution is 6.62. The van der Waals surface area contributed by atoms with Crippen LogP contribution in [0.4, 0.5) is 26.4 Å². The summed E-state index contributed by atoms with van der Waals surface area (Å²) in [6, 6.07) is 7.84. The van der Waals surface area contributed by atoms with Crippen LogP contribution in [0.1, 0.15) is 40.5 Å². The van der Waals surface area contributed by atoms with E-state index in [2.05, 4.69) is 25.4 Å². The summed E-state index contributed by atoms with van der Waals surface area (Å²) in [5.74, 6) is -0.911. The second-order valence-electron chi connectivity index (χ2n) is 11.6. The molecule has 0 atom stereocenters. The number of hydrogen-bond donors (Lipinski definition) is 1. The van der Waals surface area contributed by atoms with Crippen LogP contribution in [-0.4, -0.2) is 62.1 Å². The zero-order valence-electron chi connectivity index (χ0n) is 21.6. The van der Waals surface area contributed by atoms with E-state index < -0.39 is 24.2 Å². The van der Waals surface area contributed by atoms with Gasteiger partial charge < -0.3 is 19.5 Å². The van der Waals surface area contributed by atoms with E-state index in [0.717, 1.165) is 11.2 Å².